The Hall–Kier alpha value is -1.15. The van der Waals surface area contributed by atoms with E-state index >= 15 is 0 Å². The zero-order valence-electron chi connectivity index (χ0n) is 15.6. The fourth-order valence-corrected chi connectivity index (χ4v) is 2.35. The minimum Gasteiger partial charge on any atom is -0.741 e. The quantitative estimate of drug-likeness (QED) is 0.248. The fraction of sp³-hybridized carbons (Fsp3) is 0.722. The summed E-state index contributed by atoms with van der Waals surface area (Å²) in [5, 5.41) is 0. The van der Waals surface area contributed by atoms with Crippen LogP contribution >= 0.6 is 0 Å². The molecule has 152 valence electrons. The molecule has 0 N–H and O–H groups in total. The zero-order valence-corrected chi connectivity index (χ0v) is 16.4. The van der Waals surface area contributed by atoms with Gasteiger partial charge in [-0.2, -0.15) is 13.2 Å². The average molecular weight is 398 g/mol. The number of hydrogen-bond acceptors (Lipinski definition) is 3. The lowest BCUT2D eigenvalue weighted by Gasteiger charge is -2.08. The van der Waals surface area contributed by atoms with Crippen LogP contribution in [0.3, 0.4) is 0 Å². The smallest absolute Gasteiger partial charge is 0.485 e. The van der Waals surface area contributed by atoms with Gasteiger partial charge in [-0.05, 0) is 18.9 Å². The Morgan fingerprint density at radius 1 is 1.00 bits per heavy atom. The van der Waals surface area contributed by atoms with Gasteiger partial charge in [-0.1, -0.05) is 52.4 Å². The number of unbranched alkanes of at least 4 members (excludes halogenated alkanes) is 7. The van der Waals surface area contributed by atoms with Crippen molar-refractivity contribution in [1.82, 2.24) is 0 Å². The first kappa shape index (κ1) is 24.8. The van der Waals surface area contributed by atoms with Gasteiger partial charge in [-0.25, -0.2) is 13.0 Å². The van der Waals surface area contributed by atoms with Gasteiger partial charge in [0.05, 0.1) is 0 Å². The lowest BCUT2D eigenvalue weighted by molar-refractivity contribution is -0.697. The third-order valence-corrected chi connectivity index (χ3v) is 4.45. The Labute approximate surface area is 155 Å². The molecule has 0 atom stereocenters. The van der Waals surface area contributed by atoms with Crippen LogP contribution in [0.1, 0.15) is 70.8 Å². The Morgan fingerprint density at radius 2 is 1.50 bits per heavy atom. The van der Waals surface area contributed by atoms with Crippen molar-refractivity contribution in [2.45, 2.75) is 83.7 Å². The molecule has 26 heavy (non-hydrogen) atoms. The Bertz CT molecular complexity index is 590. The first-order chi connectivity index (χ1) is 12.1. The molecule has 0 aromatic carbocycles. The molecule has 8 heteroatoms. The molecule has 0 aliphatic heterocycles. The van der Waals surface area contributed by atoms with Crippen LogP contribution in [0.4, 0.5) is 13.2 Å². The molecule has 0 saturated heterocycles. The van der Waals surface area contributed by atoms with Crippen LogP contribution < -0.4 is 4.57 Å². The van der Waals surface area contributed by atoms with Crippen LogP contribution in [-0.4, -0.2) is 18.5 Å². The highest BCUT2D eigenvalue weighted by molar-refractivity contribution is 7.86. The van der Waals surface area contributed by atoms with Crippen molar-refractivity contribution in [2.75, 3.05) is 0 Å². The van der Waals surface area contributed by atoms with Gasteiger partial charge in [0.25, 0.3) is 0 Å². The lowest BCUT2D eigenvalue weighted by atomic mass is 10.1. The molecule has 1 rings (SSSR count). The minimum atomic E-state index is -6.09. The van der Waals surface area contributed by atoms with E-state index in [1.807, 2.05) is 0 Å². The summed E-state index contributed by atoms with van der Waals surface area (Å²) in [7, 11) is -6.09. The summed E-state index contributed by atoms with van der Waals surface area (Å²) >= 11 is 0. The predicted octanol–water partition coefficient (Wildman–Crippen LogP) is 4.73. The van der Waals surface area contributed by atoms with Crippen LogP contribution in [0, 0.1) is 0 Å². The van der Waals surface area contributed by atoms with Crippen molar-refractivity contribution in [3.05, 3.63) is 30.1 Å². The second-order valence-corrected chi connectivity index (χ2v) is 7.55. The zero-order chi connectivity index (χ0) is 20.1. The first-order valence-electron chi connectivity index (χ1n) is 9.12. The summed E-state index contributed by atoms with van der Waals surface area (Å²) in [5.74, 6) is 0. The number of alkyl halides is 3. The molecule has 1 aromatic heterocycles. The number of aryl methyl sites for hydroxylation is 2. The minimum absolute atomic E-state index is 1.14. The van der Waals surface area contributed by atoms with E-state index in [9.17, 15) is 13.2 Å². The molecule has 0 spiro atoms. The molecular formula is C18H30F3NO3S. The third kappa shape index (κ3) is 12.2. The molecule has 0 fully saturated rings. The van der Waals surface area contributed by atoms with Crippen LogP contribution in [0.15, 0.2) is 24.5 Å². The lowest BCUT2D eigenvalue weighted by Crippen LogP contribution is -2.33. The van der Waals surface area contributed by atoms with Crippen LogP contribution in [0.5, 0.6) is 0 Å². The number of aromatic nitrogens is 1. The maximum atomic E-state index is 10.7. The highest BCUT2D eigenvalue weighted by Gasteiger charge is 2.36. The van der Waals surface area contributed by atoms with E-state index in [2.05, 4.69) is 42.9 Å². The maximum Gasteiger partial charge on any atom is 0.485 e. The Morgan fingerprint density at radius 3 is 1.96 bits per heavy atom. The first-order valence-corrected chi connectivity index (χ1v) is 10.5. The van der Waals surface area contributed by atoms with Crippen molar-refractivity contribution < 1.29 is 30.7 Å². The van der Waals surface area contributed by atoms with E-state index in [0.29, 0.717) is 0 Å². The molecule has 0 aliphatic rings. The predicted molar refractivity (Wildman–Crippen MR) is 94.4 cm³/mol. The van der Waals surface area contributed by atoms with Gasteiger partial charge in [0.1, 0.15) is 6.54 Å². The van der Waals surface area contributed by atoms with Gasteiger partial charge >= 0.3 is 5.51 Å². The molecule has 0 amide bonds. The summed E-state index contributed by atoms with van der Waals surface area (Å²) in [6.07, 6.45) is 16.8. The maximum absolute atomic E-state index is 10.7. The Balaban J connectivity index is 0.000000660. The SMILES string of the molecule is CCCCCCCCCC[n+]1cccc(CC)c1.O=S(=O)([O-])C(F)(F)F. The standard InChI is InChI=1S/C17H30N.CHF3O3S/c1-3-5-6-7-8-9-10-11-14-18-15-12-13-17(4-2)16-18;2-1(3,4)8(5,6)7/h12-13,15-16H,3-11,14H2,1-2H3;(H,5,6,7)/q+1;/p-1. The largest absolute Gasteiger partial charge is 0.741 e. The second-order valence-electron chi connectivity index (χ2n) is 6.18. The van der Waals surface area contributed by atoms with Gasteiger partial charge in [0.2, 0.25) is 0 Å². The Kier molecular flexibility index (Phi) is 12.5. The van der Waals surface area contributed by atoms with E-state index in [1.165, 1.54) is 63.5 Å². The average Bonchev–Trinajstić information content (AvgIpc) is 2.56. The van der Waals surface area contributed by atoms with Crippen molar-refractivity contribution in [2.24, 2.45) is 0 Å². The summed E-state index contributed by atoms with van der Waals surface area (Å²) in [4.78, 5) is 0. The topological polar surface area (TPSA) is 61.1 Å². The normalized spacial score (nSPS) is 11.8. The molecule has 1 heterocycles. The molecule has 0 saturated carbocycles. The van der Waals surface area contributed by atoms with E-state index in [-0.39, 0.29) is 0 Å². The molecule has 1 aromatic rings. The van der Waals surface area contributed by atoms with E-state index < -0.39 is 15.6 Å². The number of halogens is 3. The molecule has 0 unspecified atom stereocenters. The number of rotatable bonds is 10. The van der Waals surface area contributed by atoms with Crippen LogP contribution in [-0.2, 0) is 23.1 Å². The summed E-state index contributed by atoms with van der Waals surface area (Å²) in [6.45, 7) is 5.68. The summed E-state index contributed by atoms with van der Waals surface area (Å²) < 4.78 is 61.2. The summed E-state index contributed by atoms with van der Waals surface area (Å²) in [5.41, 5.74) is -4.20. The second kappa shape index (κ2) is 13.1. The van der Waals surface area contributed by atoms with Gasteiger partial charge in [-0.15, -0.1) is 0 Å². The van der Waals surface area contributed by atoms with Crippen molar-refractivity contribution in [3.8, 4) is 0 Å². The molecule has 0 radical (unpaired) electrons. The van der Waals surface area contributed by atoms with E-state index in [1.54, 1.807) is 0 Å². The molecule has 4 nitrogen and oxygen atoms in total. The number of pyridine rings is 1. The van der Waals surface area contributed by atoms with Crippen LogP contribution in [0.25, 0.3) is 0 Å². The molecule has 0 aliphatic carbocycles. The van der Waals surface area contributed by atoms with Crippen LogP contribution in [0.2, 0.25) is 0 Å². The summed E-state index contributed by atoms with van der Waals surface area (Å²) in [6, 6.07) is 4.38. The number of hydrogen-bond donors (Lipinski definition) is 0. The van der Waals surface area contributed by atoms with Gasteiger partial charge < -0.3 is 4.55 Å². The van der Waals surface area contributed by atoms with Crippen molar-refractivity contribution in [1.29, 1.82) is 0 Å². The molecular weight excluding hydrogens is 367 g/mol. The number of nitrogens with zero attached hydrogens (tertiary/aromatic N) is 1. The highest BCUT2D eigenvalue weighted by Crippen LogP contribution is 2.20. The van der Waals surface area contributed by atoms with E-state index in [0.717, 1.165) is 6.42 Å². The van der Waals surface area contributed by atoms with Crippen molar-refractivity contribution in [3.63, 3.8) is 0 Å². The van der Waals surface area contributed by atoms with Gasteiger partial charge in [0.15, 0.2) is 22.5 Å². The monoisotopic (exact) mass is 397 g/mol. The highest BCUT2D eigenvalue weighted by atomic mass is 32.2. The van der Waals surface area contributed by atoms with Crippen molar-refractivity contribution >= 4 is 10.1 Å². The third-order valence-electron chi connectivity index (χ3n) is 3.88. The molecule has 0 bridgehead atoms. The van der Waals surface area contributed by atoms with E-state index in [4.69, 9.17) is 13.0 Å². The fourth-order valence-electron chi connectivity index (χ4n) is 2.35. The van der Waals surface area contributed by atoms with Gasteiger partial charge in [0, 0.05) is 18.1 Å². The van der Waals surface area contributed by atoms with Gasteiger partial charge in [-0.3, -0.25) is 0 Å².